The van der Waals surface area contributed by atoms with Crippen molar-refractivity contribution >= 4 is 10.1 Å². The molecule has 70 valence electrons. The largest absolute Gasteiger partial charge is 0.289 e. The molecule has 0 unspecified atom stereocenters. The van der Waals surface area contributed by atoms with E-state index in [1.54, 1.807) is 6.08 Å². The third-order valence-corrected chi connectivity index (χ3v) is 2.10. The molecule has 0 N–H and O–H groups in total. The van der Waals surface area contributed by atoms with Crippen molar-refractivity contribution in [3.8, 4) is 0 Å². The molecule has 3 nitrogen and oxygen atoms in total. The molecule has 0 aromatic carbocycles. The summed E-state index contributed by atoms with van der Waals surface area (Å²) in [6.45, 7) is 5.83. The Labute approximate surface area is 73.9 Å². The molecule has 0 aromatic rings. The first kappa shape index (κ1) is 11.4. The maximum Gasteiger partial charge on any atom is 0.289 e. The minimum atomic E-state index is -3.26. The Balaban J connectivity index is 0.000000261. The van der Waals surface area contributed by atoms with Gasteiger partial charge in [-0.2, -0.15) is 8.42 Å². The number of hydrogen-bond donors (Lipinski definition) is 0. The fourth-order valence-electron chi connectivity index (χ4n) is 0.457. The van der Waals surface area contributed by atoms with E-state index in [9.17, 15) is 8.42 Å². The molecule has 1 rings (SSSR count). The lowest BCUT2D eigenvalue weighted by molar-refractivity contribution is 0.325. The minimum absolute atomic E-state index is 0.291. The average Bonchev–Trinajstić information content (AvgIpc) is 2.05. The Morgan fingerprint density at radius 1 is 1.67 bits per heavy atom. The van der Waals surface area contributed by atoms with Crippen molar-refractivity contribution in [1.29, 1.82) is 0 Å². The van der Waals surface area contributed by atoms with Crippen molar-refractivity contribution in [1.82, 2.24) is 0 Å². The number of rotatable bonds is 1. The predicted octanol–water partition coefficient (Wildman–Crippen LogP) is 1.83. The van der Waals surface area contributed by atoms with Gasteiger partial charge in [0.05, 0.1) is 12.0 Å². The molecule has 0 radical (unpaired) electrons. The van der Waals surface area contributed by atoms with Crippen LogP contribution in [0.5, 0.6) is 0 Å². The van der Waals surface area contributed by atoms with Gasteiger partial charge in [0.1, 0.15) is 0 Å². The van der Waals surface area contributed by atoms with Gasteiger partial charge in [0.15, 0.2) is 0 Å². The Kier molecular flexibility index (Phi) is 5.66. The van der Waals surface area contributed by atoms with Crippen LogP contribution in [0.25, 0.3) is 0 Å². The van der Waals surface area contributed by atoms with Crippen molar-refractivity contribution in [2.45, 2.75) is 19.8 Å². The molecule has 0 fully saturated rings. The third-order valence-electron chi connectivity index (χ3n) is 1.08. The SMILES string of the molecule is C=CCC.O=S1(=O)C=CCCO1. The summed E-state index contributed by atoms with van der Waals surface area (Å²) in [5.41, 5.74) is 0. The van der Waals surface area contributed by atoms with Gasteiger partial charge in [-0.15, -0.1) is 6.58 Å². The summed E-state index contributed by atoms with van der Waals surface area (Å²) < 4.78 is 25.0. The molecule has 0 saturated carbocycles. The smallest absolute Gasteiger partial charge is 0.267 e. The second-order valence-corrected chi connectivity index (χ2v) is 3.67. The first-order valence-electron chi connectivity index (χ1n) is 3.79. The summed E-state index contributed by atoms with van der Waals surface area (Å²) >= 11 is 0. The van der Waals surface area contributed by atoms with Gasteiger partial charge in [0.2, 0.25) is 0 Å². The predicted molar refractivity (Wildman–Crippen MR) is 49.1 cm³/mol. The van der Waals surface area contributed by atoms with Crippen LogP contribution in [0.2, 0.25) is 0 Å². The number of allylic oxidation sites excluding steroid dienone is 1. The molecule has 12 heavy (non-hydrogen) atoms. The summed E-state index contributed by atoms with van der Waals surface area (Å²) in [5.74, 6) is 0. The van der Waals surface area contributed by atoms with Crippen LogP contribution in [-0.4, -0.2) is 15.0 Å². The highest BCUT2D eigenvalue weighted by molar-refractivity contribution is 7.89. The molecule has 0 aromatic heterocycles. The molecule has 1 aliphatic heterocycles. The summed E-state index contributed by atoms with van der Waals surface area (Å²) in [6, 6.07) is 0. The quantitative estimate of drug-likeness (QED) is 0.468. The molecule has 4 heteroatoms. The van der Waals surface area contributed by atoms with Gasteiger partial charge in [-0.25, -0.2) is 0 Å². The van der Waals surface area contributed by atoms with E-state index in [1.165, 1.54) is 0 Å². The van der Waals surface area contributed by atoms with Gasteiger partial charge in [0.25, 0.3) is 10.1 Å². The second kappa shape index (κ2) is 5.97. The molecule has 1 heterocycles. The van der Waals surface area contributed by atoms with Crippen LogP contribution in [0.3, 0.4) is 0 Å². The van der Waals surface area contributed by atoms with E-state index < -0.39 is 10.1 Å². The highest BCUT2D eigenvalue weighted by atomic mass is 32.2. The van der Waals surface area contributed by atoms with Gasteiger partial charge in [-0.3, -0.25) is 4.18 Å². The molecule has 0 aliphatic carbocycles. The van der Waals surface area contributed by atoms with Crippen molar-refractivity contribution in [2.24, 2.45) is 0 Å². The summed E-state index contributed by atoms with van der Waals surface area (Å²) in [5, 5.41) is 1.08. The van der Waals surface area contributed by atoms with E-state index in [2.05, 4.69) is 17.7 Å². The van der Waals surface area contributed by atoms with Crippen molar-refractivity contribution in [2.75, 3.05) is 6.61 Å². The molecule has 0 bridgehead atoms. The zero-order valence-corrected chi connectivity index (χ0v) is 8.01. The first-order chi connectivity index (χ1) is 5.62. The van der Waals surface area contributed by atoms with Crippen LogP contribution < -0.4 is 0 Å². The van der Waals surface area contributed by atoms with Crippen LogP contribution in [0.15, 0.2) is 24.1 Å². The zero-order valence-electron chi connectivity index (χ0n) is 7.19. The molecule has 1 aliphatic rings. The number of hydrogen-bond acceptors (Lipinski definition) is 3. The molecule has 0 atom stereocenters. The van der Waals surface area contributed by atoms with Crippen molar-refractivity contribution in [3.05, 3.63) is 24.1 Å². The molecular formula is C8H14O3S. The van der Waals surface area contributed by atoms with Gasteiger partial charge < -0.3 is 0 Å². The van der Waals surface area contributed by atoms with E-state index in [0.717, 1.165) is 11.8 Å². The Bertz CT molecular complexity index is 239. The van der Waals surface area contributed by atoms with E-state index in [1.807, 2.05) is 6.08 Å². The third kappa shape index (κ3) is 6.12. The fourth-order valence-corrected chi connectivity index (χ4v) is 1.24. The average molecular weight is 190 g/mol. The van der Waals surface area contributed by atoms with Crippen molar-refractivity contribution in [3.63, 3.8) is 0 Å². The first-order valence-corrected chi connectivity index (χ1v) is 5.26. The van der Waals surface area contributed by atoms with Crippen molar-refractivity contribution < 1.29 is 12.6 Å². The lowest BCUT2D eigenvalue weighted by Gasteiger charge is -2.02. The molecule has 0 amide bonds. The second-order valence-electron chi connectivity index (χ2n) is 2.17. The van der Waals surface area contributed by atoms with E-state index >= 15 is 0 Å². The summed E-state index contributed by atoms with van der Waals surface area (Å²) in [4.78, 5) is 0. The Morgan fingerprint density at radius 2 is 2.25 bits per heavy atom. The van der Waals surface area contributed by atoms with E-state index in [0.29, 0.717) is 13.0 Å². The zero-order chi connectivity index (χ0) is 9.45. The van der Waals surface area contributed by atoms with Crippen LogP contribution in [0.4, 0.5) is 0 Å². The lowest BCUT2D eigenvalue weighted by atomic mass is 10.5. The monoisotopic (exact) mass is 190 g/mol. The maximum absolute atomic E-state index is 10.3. The maximum atomic E-state index is 10.3. The van der Waals surface area contributed by atoms with Crippen LogP contribution in [0.1, 0.15) is 19.8 Å². The van der Waals surface area contributed by atoms with Crippen LogP contribution >= 0.6 is 0 Å². The van der Waals surface area contributed by atoms with Gasteiger partial charge in [0, 0.05) is 0 Å². The van der Waals surface area contributed by atoms with E-state index in [4.69, 9.17) is 0 Å². The van der Waals surface area contributed by atoms with Gasteiger partial charge in [-0.1, -0.05) is 19.1 Å². The lowest BCUT2D eigenvalue weighted by Crippen LogP contribution is -2.06. The fraction of sp³-hybridized carbons (Fsp3) is 0.500. The molecule has 0 spiro atoms. The minimum Gasteiger partial charge on any atom is -0.267 e. The highest BCUT2D eigenvalue weighted by Crippen LogP contribution is 2.03. The Morgan fingerprint density at radius 3 is 2.42 bits per heavy atom. The standard InChI is InChI=1S/C4H6O3S.C4H8/c5-8(6)4-2-1-3-7-8;1-3-4-2/h2,4H,1,3H2;3H,1,4H2,2H3. The van der Waals surface area contributed by atoms with Gasteiger partial charge >= 0.3 is 0 Å². The van der Waals surface area contributed by atoms with E-state index in [-0.39, 0.29) is 0 Å². The molecular weight excluding hydrogens is 176 g/mol. The van der Waals surface area contributed by atoms with Crippen LogP contribution in [-0.2, 0) is 14.3 Å². The normalized spacial score (nSPS) is 19.1. The highest BCUT2D eigenvalue weighted by Gasteiger charge is 2.07. The summed E-state index contributed by atoms with van der Waals surface area (Å²) in [6.07, 6.45) is 5.23. The van der Waals surface area contributed by atoms with Gasteiger partial charge in [-0.05, 0) is 12.8 Å². The topological polar surface area (TPSA) is 43.4 Å². The molecule has 0 saturated heterocycles. The Hall–Kier alpha value is -0.610. The summed E-state index contributed by atoms with van der Waals surface area (Å²) in [7, 11) is -3.26. The van der Waals surface area contributed by atoms with Crippen LogP contribution in [0, 0.1) is 0 Å².